The van der Waals surface area contributed by atoms with Crippen molar-refractivity contribution in [1.29, 1.82) is 0 Å². The molecule has 3 rings (SSSR count). The van der Waals surface area contributed by atoms with Gasteiger partial charge in [-0.1, -0.05) is 28.1 Å². The predicted octanol–water partition coefficient (Wildman–Crippen LogP) is 4.87. The van der Waals surface area contributed by atoms with Gasteiger partial charge in [0.15, 0.2) is 0 Å². The number of benzene rings is 2. The second-order valence-corrected chi connectivity index (χ2v) is 9.04. The van der Waals surface area contributed by atoms with Crippen molar-refractivity contribution in [3.63, 3.8) is 0 Å². The molecule has 8 heteroatoms. The minimum atomic E-state index is -3.78. The molecule has 2 N–H and O–H groups in total. The van der Waals surface area contributed by atoms with E-state index in [1.807, 2.05) is 5.38 Å². The molecule has 0 radical (unpaired) electrons. The van der Waals surface area contributed by atoms with Gasteiger partial charge in [0.2, 0.25) is 0 Å². The van der Waals surface area contributed by atoms with Crippen molar-refractivity contribution < 1.29 is 13.2 Å². The average Bonchev–Trinajstić information content (AvgIpc) is 3.13. The summed E-state index contributed by atoms with van der Waals surface area (Å²) in [6.07, 6.45) is 0. The quantitative estimate of drug-likeness (QED) is 0.581. The molecule has 0 saturated heterocycles. The zero-order valence-corrected chi connectivity index (χ0v) is 16.9. The average molecular weight is 451 g/mol. The van der Waals surface area contributed by atoms with Crippen LogP contribution in [0.15, 0.2) is 69.3 Å². The first kappa shape index (κ1) is 18.6. The van der Waals surface area contributed by atoms with Crippen LogP contribution in [0.4, 0.5) is 11.4 Å². The number of anilines is 2. The van der Waals surface area contributed by atoms with Crippen molar-refractivity contribution >= 4 is 54.6 Å². The second kappa shape index (κ2) is 7.61. The summed E-state index contributed by atoms with van der Waals surface area (Å²) in [5.74, 6) is -0.270. The molecule has 1 aromatic heterocycles. The van der Waals surface area contributed by atoms with Crippen LogP contribution in [0.1, 0.15) is 15.2 Å². The number of aryl methyl sites for hydroxylation is 1. The van der Waals surface area contributed by atoms with E-state index in [4.69, 9.17) is 0 Å². The van der Waals surface area contributed by atoms with Crippen molar-refractivity contribution in [2.75, 3.05) is 10.0 Å². The van der Waals surface area contributed by atoms with E-state index >= 15 is 0 Å². The zero-order valence-electron chi connectivity index (χ0n) is 13.7. The number of amides is 1. The van der Waals surface area contributed by atoms with Crippen LogP contribution in [0.3, 0.4) is 0 Å². The molecular weight excluding hydrogens is 436 g/mol. The fourth-order valence-corrected chi connectivity index (χ4v) is 4.51. The molecular formula is C18H15BrN2O3S2. The van der Waals surface area contributed by atoms with Gasteiger partial charge < -0.3 is 5.32 Å². The number of hydrogen-bond acceptors (Lipinski definition) is 4. The molecule has 0 aliphatic rings. The summed E-state index contributed by atoms with van der Waals surface area (Å²) in [4.78, 5) is 12.8. The summed E-state index contributed by atoms with van der Waals surface area (Å²) in [7, 11) is -3.78. The van der Waals surface area contributed by atoms with Crippen LogP contribution in [0.5, 0.6) is 0 Å². The van der Waals surface area contributed by atoms with Gasteiger partial charge in [0.05, 0.1) is 9.77 Å². The SMILES string of the molecule is Cc1ccc(NC(=O)c2cccs2)cc1S(=O)(=O)Nc1ccc(Br)cc1. The van der Waals surface area contributed by atoms with E-state index in [0.717, 1.165) is 4.47 Å². The Labute approximate surface area is 164 Å². The smallest absolute Gasteiger partial charge is 0.265 e. The Morgan fingerprint density at radius 2 is 1.73 bits per heavy atom. The van der Waals surface area contributed by atoms with E-state index in [2.05, 4.69) is 26.0 Å². The Morgan fingerprint density at radius 3 is 2.38 bits per heavy atom. The molecule has 0 aliphatic heterocycles. The largest absolute Gasteiger partial charge is 0.321 e. The van der Waals surface area contributed by atoms with Crippen LogP contribution in [-0.4, -0.2) is 14.3 Å². The summed E-state index contributed by atoms with van der Waals surface area (Å²) < 4.78 is 28.9. The first-order valence-electron chi connectivity index (χ1n) is 7.59. The van der Waals surface area contributed by atoms with Crippen LogP contribution >= 0.6 is 27.3 Å². The van der Waals surface area contributed by atoms with E-state index in [-0.39, 0.29) is 10.8 Å². The number of carbonyl (C=O) groups is 1. The molecule has 26 heavy (non-hydrogen) atoms. The lowest BCUT2D eigenvalue weighted by atomic mass is 10.2. The lowest BCUT2D eigenvalue weighted by Gasteiger charge is -2.12. The normalized spacial score (nSPS) is 11.2. The second-order valence-electron chi connectivity index (χ2n) is 5.52. The number of rotatable bonds is 5. The van der Waals surface area contributed by atoms with Crippen molar-refractivity contribution in [3.05, 3.63) is 74.9 Å². The highest BCUT2D eigenvalue weighted by Gasteiger charge is 2.18. The van der Waals surface area contributed by atoms with E-state index in [1.54, 1.807) is 55.5 Å². The van der Waals surface area contributed by atoms with Crippen LogP contribution in [-0.2, 0) is 10.0 Å². The van der Waals surface area contributed by atoms with Crippen molar-refractivity contribution in [1.82, 2.24) is 0 Å². The lowest BCUT2D eigenvalue weighted by molar-refractivity contribution is 0.103. The summed E-state index contributed by atoms with van der Waals surface area (Å²) in [6.45, 7) is 1.71. The van der Waals surface area contributed by atoms with E-state index in [0.29, 0.717) is 21.8 Å². The highest BCUT2D eigenvalue weighted by molar-refractivity contribution is 9.10. The minimum absolute atomic E-state index is 0.115. The number of thiophene rings is 1. The maximum absolute atomic E-state index is 12.7. The molecule has 134 valence electrons. The Kier molecular flexibility index (Phi) is 5.45. The molecule has 0 saturated carbocycles. The molecule has 0 unspecified atom stereocenters. The number of hydrogen-bond donors (Lipinski definition) is 2. The van der Waals surface area contributed by atoms with E-state index in [1.165, 1.54) is 17.4 Å². The lowest BCUT2D eigenvalue weighted by Crippen LogP contribution is -2.16. The minimum Gasteiger partial charge on any atom is -0.321 e. The standard InChI is InChI=1S/C18H15BrN2O3S2/c1-12-4-7-15(20-18(22)16-3-2-10-25-16)11-17(12)26(23,24)21-14-8-5-13(19)6-9-14/h2-11,21H,1H3,(H,20,22). The highest BCUT2D eigenvalue weighted by Crippen LogP contribution is 2.24. The number of carbonyl (C=O) groups excluding carboxylic acids is 1. The van der Waals surface area contributed by atoms with E-state index in [9.17, 15) is 13.2 Å². The van der Waals surface area contributed by atoms with Crippen LogP contribution in [0, 0.1) is 6.92 Å². The molecule has 0 spiro atoms. The predicted molar refractivity (Wildman–Crippen MR) is 108 cm³/mol. The van der Waals surface area contributed by atoms with Gasteiger partial charge in [0, 0.05) is 15.8 Å². The molecule has 1 amide bonds. The van der Waals surface area contributed by atoms with Gasteiger partial charge in [0.1, 0.15) is 0 Å². The molecule has 0 aliphatic carbocycles. The van der Waals surface area contributed by atoms with Crippen LogP contribution in [0.2, 0.25) is 0 Å². The van der Waals surface area contributed by atoms with Gasteiger partial charge in [-0.25, -0.2) is 8.42 Å². The van der Waals surface area contributed by atoms with Crippen LogP contribution < -0.4 is 10.0 Å². The monoisotopic (exact) mass is 450 g/mol. The van der Waals surface area contributed by atoms with Crippen molar-refractivity contribution in [3.8, 4) is 0 Å². The maximum Gasteiger partial charge on any atom is 0.265 e. The fourth-order valence-electron chi connectivity index (χ4n) is 2.30. The third-order valence-electron chi connectivity index (χ3n) is 3.58. The number of nitrogens with one attached hydrogen (secondary N) is 2. The molecule has 3 aromatic rings. The van der Waals surface area contributed by atoms with Gasteiger partial charge in [-0.2, -0.15) is 0 Å². The van der Waals surface area contributed by atoms with Gasteiger partial charge in [-0.15, -0.1) is 11.3 Å². The van der Waals surface area contributed by atoms with Crippen molar-refractivity contribution in [2.45, 2.75) is 11.8 Å². The first-order chi connectivity index (χ1) is 12.3. The van der Waals surface area contributed by atoms with E-state index < -0.39 is 10.0 Å². The Balaban J connectivity index is 1.86. The van der Waals surface area contributed by atoms with Crippen molar-refractivity contribution in [2.24, 2.45) is 0 Å². The van der Waals surface area contributed by atoms with Gasteiger partial charge in [-0.05, 0) is 60.3 Å². The Morgan fingerprint density at radius 1 is 1.04 bits per heavy atom. The topological polar surface area (TPSA) is 75.3 Å². The Bertz CT molecular complexity index is 1030. The summed E-state index contributed by atoms with van der Waals surface area (Å²) in [5.41, 5.74) is 1.47. The summed E-state index contributed by atoms with van der Waals surface area (Å²) in [6, 6.07) is 15.1. The number of halogens is 1. The third kappa shape index (κ3) is 4.32. The maximum atomic E-state index is 12.7. The molecule has 1 heterocycles. The summed E-state index contributed by atoms with van der Waals surface area (Å²) >= 11 is 4.63. The molecule has 0 fully saturated rings. The van der Waals surface area contributed by atoms with Gasteiger partial charge >= 0.3 is 0 Å². The zero-order chi connectivity index (χ0) is 18.7. The van der Waals surface area contributed by atoms with Gasteiger partial charge in [0.25, 0.3) is 15.9 Å². The fraction of sp³-hybridized carbons (Fsp3) is 0.0556. The Hall–Kier alpha value is -2.16. The van der Waals surface area contributed by atoms with Gasteiger partial charge in [-0.3, -0.25) is 9.52 Å². The first-order valence-corrected chi connectivity index (χ1v) is 10.7. The molecule has 2 aromatic carbocycles. The summed E-state index contributed by atoms with van der Waals surface area (Å²) in [5, 5.41) is 4.54. The molecule has 0 bridgehead atoms. The highest BCUT2D eigenvalue weighted by atomic mass is 79.9. The van der Waals surface area contributed by atoms with Crippen LogP contribution in [0.25, 0.3) is 0 Å². The third-order valence-corrected chi connectivity index (χ3v) is 6.50. The molecule has 5 nitrogen and oxygen atoms in total. The number of sulfonamides is 1. The molecule has 0 atom stereocenters.